The molecule has 10 nitrogen and oxygen atoms in total. The maximum Gasteiger partial charge on any atom is 0.324 e. The van der Waals surface area contributed by atoms with Crippen LogP contribution in [0, 0.1) is 0 Å². The van der Waals surface area contributed by atoms with Crippen molar-refractivity contribution in [2.45, 2.75) is 45.2 Å². The minimum absolute atomic E-state index is 0.0107. The van der Waals surface area contributed by atoms with Gasteiger partial charge in [-0.2, -0.15) is 8.42 Å². The van der Waals surface area contributed by atoms with Gasteiger partial charge in [-0.15, -0.1) is 0 Å². The lowest BCUT2D eigenvalue weighted by Crippen LogP contribution is -2.29. The Morgan fingerprint density at radius 1 is 1.29 bits per heavy atom. The van der Waals surface area contributed by atoms with Gasteiger partial charge in [-0.3, -0.25) is 14.8 Å². The van der Waals surface area contributed by atoms with E-state index in [0.29, 0.717) is 12.2 Å². The highest BCUT2D eigenvalue weighted by Gasteiger charge is 2.31. The Morgan fingerprint density at radius 2 is 1.97 bits per heavy atom. The van der Waals surface area contributed by atoms with Crippen molar-refractivity contribution in [1.82, 2.24) is 14.3 Å². The number of aliphatic imine (C=N–C) groups is 2. The van der Waals surface area contributed by atoms with Crippen LogP contribution in [0.15, 0.2) is 50.2 Å². The van der Waals surface area contributed by atoms with E-state index in [-0.39, 0.29) is 40.9 Å². The second-order valence-electron chi connectivity index (χ2n) is 8.55. The molecule has 1 fully saturated rings. The number of furan rings is 1. The molecule has 0 spiro atoms. The van der Waals surface area contributed by atoms with Gasteiger partial charge in [0.25, 0.3) is 5.91 Å². The fourth-order valence-corrected chi connectivity index (χ4v) is 3.84. The quantitative estimate of drug-likeness (QED) is 0.640. The molecule has 3 rings (SSSR count). The summed E-state index contributed by atoms with van der Waals surface area (Å²) in [6, 6.07) is 1.06. The SMILES string of the molecule is CN(C)C(=O)C1=C(O)C(N=C2NS(=O)(=O)NC2=NCc2cc(C(C)(C)C)co2)CC=C1. The molecule has 11 heteroatoms. The number of aliphatic hydroxyl groups is 1. The molecule has 1 saturated heterocycles. The van der Waals surface area contributed by atoms with Crippen LogP contribution < -0.4 is 9.44 Å². The summed E-state index contributed by atoms with van der Waals surface area (Å²) < 4.78 is 34.1. The van der Waals surface area contributed by atoms with Crippen LogP contribution in [0.1, 0.15) is 38.5 Å². The highest BCUT2D eigenvalue weighted by molar-refractivity contribution is 7.89. The predicted octanol–water partition coefficient (Wildman–Crippen LogP) is 1.54. The number of likely N-dealkylation sites (N-methyl/N-ethyl adjacent to an activating group) is 1. The second kappa shape index (κ2) is 8.22. The predicted molar refractivity (Wildman–Crippen MR) is 117 cm³/mol. The molecule has 31 heavy (non-hydrogen) atoms. The molecule has 1 aliphatic heterocycles. The Labute approximate surface area is 181 Å². The number of rotatable bonds is 4. The maximum absolute atomic E-state index is 12.2. The molecule has 0 saturated carbocycles. The molecule has 1 unspecified atom stereocenters. The highest BCUT2D eigenvalue weighted by atomic mass is 32.2. The fourth-order valence-electron chi connectivity index (χ4n) is 2.97. The first kappa shape index (κ1) is 22.6. The number of carbonyl (C=O) groups is 1. The summed E-state index contributed by atoms with van der Waals surface area (Å²) in [5, 5.41) is 10.5. The zero-order chi connectivity index (χ0) is 23.0. The molecule has 0 radical (unpaired) electrons. The third-order valence-corrected chi connectivity index (χ3v) is 5.68. The summed E-state index contributed by atoms with van der Waals surface area (Å²) >= 11 is 0. The van der Waals surface area contributed by atoms with Gasteiger partial charge in [0.05, 0.1) is 18.4 Å². The van der Waals surface area contributed by atoms with Crippen molar-refractivity contribution < 1.29 is 22.7 Å². The van der Waals surface area contributed by atoms with E-state index in [1.54, 1.807) is 26.4 Å². The Bertz CT molecular complexity index is 1100. The summed E-state index contributed by atoms with van der Waals surface area (Å²) in [7, 11) is -0.712. The van der Waals surface area contributed by atoms with E-state index in [1.165, 1.54) is 11.0 Å². The molecule has 1 atom stereocenters. The molecule has 1 aromatic rings. The molecule has 1 aromatic heterocycles. The summed E-state index contributed by atoms with van der Waals surface area (Å²) in [6.07, 6.45) is 5.20. The van der Waals surface area contributed by atoms with Crippen LogP contribution in [-0.2, 0) is 27.0 Å². The van der Waals surface area contributed by atoms with Gasteiger partial charge in [0.2, 0.25) is 0 Å². The molecule has 3 N–H and O–H groups in total. The Morgan fingerprint density at radius 3 is 2.58 bits per heavy atom. The van der Waals surface area contributed by atoms with Crippen molar-refractivity contribution in [2.75, 3.05) is 14.1 Å². The molecular weight excluding hydrogens is 422 g/mol. The number of hydrogen-bond donors (Lipinski definition) is 3. The topological polar surface area (TPSA) is 137 Å². The van der Waals surface area contributed by atoms with E-state index in [2.05, 4.69) is 40.2 Å². The van der Waals surface area contributed by atoms with E-state index >= 15 is 0 Å². The standard InChI is InChI=1S/C20H27N5O5S/c1-20(2,3)12-9-13(30-11-12)10-21-17-18(24-31(28,29)23-17)22-15-8-6-7-14(16(15)26)19(27)25(4)5/h6-7,9,11,15,26H,8,10H2,1-5H3,(H,21,23)(H,22,24). The van der Waals surface area contributed by atoms with Crippen molar-refractivity contribution in [3.05, 3.63) is 47.1 Å². The van der Waals surface area contributed by atoms with E-state index in [4.69, 9.17) is 4.42 Å². The molecule has 2 heterocycles. The minimum Gasteiger partial charge on any atom is -0.509 e. The minimum atomic E-state index is -3.86. The van der Waals surface area contributed by atoms with Crippen LogP contribution in [0.5, 0.6) is 0 Å². The number of nitrogens with one attached hydrogen (secondary N) is 2. The number of carbonyl (C=O) groups excluding carboxylic acids is 1. The smallest absolute Gasteiger partial charge is 0.324 e. The van der Waals surface area contributed by atoms with Crippen molar-refractivity contribution >= 4 is 27.8 Å². The van der Waals surface area contributed by atoms with Gasteiger partial charge in [-0.05, 0) is 29.5 Å². The van der Waals surface area contributed by atoms with Crippen LogP contribution in [0.4, 0.5) is 0 Å². The Kier molecular flexibility index (Phi) is 5.99. The lowest BCUT2D eigenvalue weighted by molar-refractivity contribution is -0.124. The third-order valence-electron chi connectivity index (χ3n) is 4.76. The molecule has 0 aromatic carbocycles. The summed E-state index contributed by atoms with van der Waals surface area (Å²) in [4.78, 5) is 22.2. The Hall–Kier alpha value is -3.08. The molecule has 2 aliphatic rings. The highest BCUT2D eigenvalue weighted by Crippen LogP contribution is 2.25. The number of amides is 1. The van der Waals surface area contributed by atoms with Gasteiger partial charge >= 0.3 is 10.2 Å². The molecule has 168 valence electrons. The fraction of sp³-hybridized carbons (Fsp3) is 0.450. The van der Waals surface area contributed by atoms with Gasteiger partial charge in [-0.25, -0.2) is 9.44 Å². The third kappa shape index (κ3) is 5.16. The first-order chi connectivity index (χ1) is 14.4. The monoisotopic (exact) mass is 449 g/mol. The number of aliphatic hydroxyl groups excluding tert-OH is 1. The summed E-state index contributed by atoms with van der Waals surface area (Å²) in [6.45, 7) is 6.27. The lowest BCUT2D eigenvalue weighted by Gasteiger charge is -2.19. The van der Waals surface area contributed by atoms with Crippen LogP contribution in [0.3, 0.4) is 0 Å². The summed E-state index contributed by atoms with van der Waals surface area (Å²) in [5.74, 6) is -0.0436. The normalized spacial score (nSPS) is 23.2. The number of amidine groups is 2. The van der Waals surface area contributed by atoms with Crippen LogP contribution >= 0.6 is 0 Å². The van der Waals surface area contributed by atoms with Crippen molar-refractivity contribution in [3.8, 4) is 0 Å². The number of nitrogens with zero attached hydrogens (tertiary/aromatic N) is 3. The van der Waals surface area contributed by atoms with E-state index in [9.17, 15) is 18.3 Å². The zero-order valence-electron chi connectivity index (χ0n) is 18.1. The molecule has 1 aliphatic carbocycles. The maximum atomic E-state index is 12.2. The number of hydrogen-bond acceptors (Lipinski definition) is 7. The van der Waals surface area contributed by atoms with Crippen molar-refractivity contribution in [1.29, 1.82) is 0 Å². The average Bonchev–Trinajstić information content (AvgIpc) is 3.25. The van der Waals surface area contributed by atoms with Gasteiger partial charge in [0.1, 0.15) is 17.6 Å². The van der Waals surface area contributed by atoms with Crippen molar-refractivity contribution in [2.24, 2.45) is 9.98 Å². The van der Waals surface area contributed by atoms with Gasteiger partial charge in [-0.1, -0.05) is 26.8 Å². The van der Waals surface area contributed by atoms with Gasteiger partial charge in [0.15, 0.2) is 11.7 Å². The average molecular weight is 450 g/mol. The molecule has 1 amide bonds. The first-order valence-corrected chi connectivity index (χ1v) is 11.2. The second-order valence-corrected chi connectivity index (χ2v) is 9.97. The van der Waals surface area contributed by atoms with Crippen LogP contribution in [0.25, 0.3) is 0 Å². The zero-order valence-corrected chi connectivity index (χ0v) is 18.9. The van der Waals surface area contributed by atoms with E-state index in [1.807, 2.05) is 6.07 Å². The summed E-state index contributed by atoms with van der Waals surface area (Å²) in [5.41, 5.74) is 1.03. The van der Waals surface area contributed by atoms with Gasteiger partial charge in [0, 0.05) is 14.1 Å². The van der Waals surface area contributed by atoms with E-state index in [0.717, 1.165) is 5.56 Å². The first-order valence-electron chi connectivity index (χ1n) is 9.70. The molecule has 0 bridgehead atoms. The van der Waals surface area contributed by atoms with Crippen molar-refractivity contribution in [3.63, 3.8) is 0 Å². The van der Waals surface area contributed by atoms with E-state index < -0.39 is 16.3 Å². The van der Waals surface area contributed by atoms with Crippen LogP contribution in [-0.4, -0.2) is 56.1 Å². The Balaban J connectivity index is 1.87. The van der Waals surface area contributed by atoms with Gasteiger partial charge < -0.3 is 14.4 Å². The van der Waals surface area contributed by atoms with Crippen LogP contribution in [0.2, 0.25) is 0 Å². The molecular formula is C20H27N5O5S. The lowest BCUT2D eigenvalue weighted by atomic mass is 9.89. The largest absolute Gasteiger partial charge is 0.509 e.